The Hall–Kier alpha value is -2.07. The number of hydrogen-bond donors (Lipinski definition) is 1. The predicted octanol–water partition coefficient (Wildman–Crippen LogP) is 2.60. The van der Waals surface area contributed by atoms with Crippen LogP contribution in [0.2, 0.25) is 0 Å². The number of rotatable bonds is 2. The first-order chi connectivity index (χ1) is 8.72. The summed E-state index contributed by atoms with van der Waals surface area (Å²) >= 11 is 0. The summed E-state index contributed by atoms with van der Waals surface area (Å²) in [5.41, 5.74) is 9.70. The van der Waals surface area contributed by atoms with Crippen molar-refractivity contribution in [1.29, 1.82) is 0 Å². The van der Waals surface area contributed by atoms with Crippen LogP contribution in [0.3, 0.4) is 0 Å². The van der Waals surface area contributed by atoms with Gasteiger partial charge in [0, 0.05) is 18.0 Å². The molecule has 18 heavy (non-hydrogen) atoms. The highest BCUT2D eigenvalue weighted by molar-refractivity contribution is 5.93. The Morgan fingerprint density at radius 1 is 1.33 bits per heavy atom. The monoisotopic (exact) mass is 241 g/mol. The van der Waals surface area contributed by atoms with Crippen molar-refractivity contribution in [2.75, 3.05) is 0 Å². The highest BCUT2D eigenvalue weighted by atomic mass is 16.3. The molecule has 4 nitrogen and oxygen atoms in total. The molecule has 0 saturated heterocycles. The maximum absolute atomic E-state index is 5.69. The molecule has 3 rings (SSSR count). The average molecular weight is 241 g/mol. The second-order valence-corrected chi connectivity index (χ2v) is 4.37. The molecule has 92 valence electrons. The summed E-state index contributed by atoms with van der Waals surface area (Å²) < 4.78 is 7.62. The molecular formula is C14H15N3O. The van der Waals surface area contributed by atoms with Crippen molar-refractivity contribution in [3.63, 3.8) is 0 Å². The van der Waals surface area contributed by atoms with E-state index in [-0.39, 0.29) is 0 Å². The van der Waals surface area contributed by atoms with Crippen LogP contribution in [0.1, 0.15) is 11.5 Å². The van der Waals surface area contributed by atoms with Gasteiger partial charge in [-0.15, -0.1) is 0 Å². The maximum Gasteiger partial charge on any atom is 0.134 e. The van der Waals surface area contributed by atoms with Crippen LogP contribution >= 0.6 is 0 Å². The SMILES string of the molecule is Cc1nc(CN)n(C)c1-c1coc2ccccc12. The van der Waals surface area contributed by atoms with Crippen molar-refractivity contribution in [2.45, 2.75) is 13.5 Å². The fraction of sp³-hybridized carbons (Fsp3) is 0.214. The zero-order valence-corrected chi connectivity index (χ0v) is 10.5. The van der Waals surface area contributed by atoms with Crippen LogP contribution in [0.4, 0.5) is 0 Å². The zero-order chi connectivity index (χ0) is 12.7. The number of imidazole rings is 1. The van der Waals surface area contributed by atoms with Crippen LogP contribution in [0, 0.1) is 6.92 Å². The molecule has 3 aromatic rings. The summed E-state index contributed by atoms with van der Waals surface area (Å²) in [5, 5.41) is 1.10. The van der Waals surface area contributed by atoms with Crippen LogP contribution in [0.15, 0.2) is 34.9 Å². The molecule has 0 aliphatic carbocycles. The van der Waals surface area contributed by atoms with Crippen LogP contribution in [-0.4, -0.2) is 9.55 Å². The summed E-state index contributed by atoms with van der Waals surface area (Å²) in [6.45, 7) is 2.43. The maximum atomic E-state index is 5.69. The van der Waals surface area contributed by atoms with Crippen molar-refractivity contribution < 1.29 is 4.42 Å². The van der Waals surface area contributed by atoms with E-state index in [1.54, 1.807) is 6.26 Å². The Morgan fingerprint density at radius 2 is 2.11 bits per heavy atom. The minimum absolute atomic E-state index is 0.438. The molecule has 2 aromatic heterocycles. The zero-order valence-electron chi connectivity index (χ0n) is 10.5. The Labute approximate surface area is 105 Å². The van der Waals surface area contributed by atoms with E-state index in [1.807, 2.05) is 36.7 Å². The third kappa shape index (κ3) is 1.46. The number of para-hydroxylation sites is 1. The van der Waals surface area contributed by atoms with E-state index in [1.165, 1.54) is 0 Å². The summed E-state index contributed by atoms with van der Waals surface area (Å²) in [5.74, 6) is 0.882. The van der Waals surface area contributed by atoms with Gasteiger partial charge in [-0.05, 0) is 13.0 Å². The molecule has 0 bridgehead atoms. The Bertz CT molecular complexity index is 709. The molecule has 0 aliphatic heterocycles. The number of benzene rings is 1. The number of aromatic nitrogens is 2. The summed E-state index contributed by atoms with van der Waals surface area (Å²) in [4.78, 5) is 4.49. The van der Waals surface area contributed by atoms with Crippen molar-refractivity contribution >= 4 is 11.0 Å². The Balaban J connectivity index is 2.29. The predicted molar refractivity (Wildman–Crippen MR) is 71.0 cm³/mol. The fourth-order valence-corrected chi connectivity index (χ4v) is 2.41. The van der Waals surface area contributed by atoms with E-state index in [9.17, 15) is 0 Å². The molecule has 0 aliphatic rings. The second kappa shape index (κ2) is 3.99. The largest absolute Gasteiger partial charge is 0.464 e. The lowest BCUT2D eigenvalue weighted by atomic mass is 10.1. The average Bonchev–Trinajstić information content (AvgIpc) is 2.91. The lowest BCUT2D eigenvalue weighted by Crippen LogP contribution is -2.05. The van der Waals surface area contributed by atoms with Crippen molar-refractivity contribution in [2.24, 2.45) is 12.8 Å². The molecule has 2 N–H and O–H groups in total. The van der Waals surface area contributed by atoms with Gasteiger partial charge in [0.1, 0.15) is 17.7 Å². The van der Waals surface area contributed by atoms with Gasteiger partial charge >= 0.3 is 0 Å². The van der Waals surface area contributed by atoms with E-state index in [0.717, 1.165) is 33.7 Å². The number of nitrogens with two attached hydrogens (primary N) is 1. The minimum atomic E-state index is 0.438. The highest BCUT2D eigenvalue weighted by Gasteiger charge is 2.16. The van der Waals surface area contributed by atoms with Crippen LogP contribution in [-0.2, 0) is 13.6 Å². The number of fused-ring (bicyclic) bond motifs is 1. The van der Waals surface area contributed by atoms with Gasteiger partial charge in [0.15, 0.2) is 0 Å². The van der Waals surface area contributed by atoms with Crippen LogP contribution in [0.25, 0.3) is 22.2 Å². The third-order valence-corrected chi connectivity index (χ3v) is 3.28. The van der Waals surface area contributed by atoms with Gasteiger partial charge in [0.2, 0.25) is 0 Å². The van der Waals surface area contributed by atoms with E-state index in [4.69, 9.17) is 10.2 Å². The van der Waals surface area contributed by atoms with Gasteiger partial charge < -0.3 is 14.7 Å². The normalized spacial score (nSPS) is 11.3. The lowest BCUT2D eigenvalue weighted by Gasteiger charge is -2.03. The highest BCUT2D eigenvalue weighted by Crippen LogP contribution is 2.32. The molecule has 0 spiro atoms. The number of aryl methyl sites for hydroxylation is 1. The Morgan fingerprint density at radius 3 is 2.83 bits per heavy atom. The van der Waals surface area contributed by atoms with Crippen molar-refractivity contribution in [3.05, 3.63) is 42.0 Å². The molecule has 0 unspecified atom stereocenters. The van der Waals surface area contributed by atoms with Crippen molar-refractivity contribution in [1.82, 2.24) is 9.55 Å². The minimum Gasteiger partial charge on any atom is -0.464 e. The molecular weight excluding hydrogens is 226 g/mol. The summed E-state index contributed by atoms with van der Waals surface area (Å²) in [7, 11) is 1.99. The molecule has 4 heteroatoms. The molecule has 0 amide bonds. The van der Waals surface area contributed by atoms with Gasteiger partial charge in [-0.2, -0.15) is 0 Å². The van der Waals surface area contributed by atoms with E-state index < -0.39 is 0 Å². The van der Waals surface area contributed by atoms with Crippen LogP contribution < -0.4 is 5.73 Å². The van der Waals surface area contributed by atoms with Gasteiger partial charge in [0.25, 0.3) is 0 Å². The molecule has 0 atom stereocenters. The number of furan rings is 1. The molecule has 0 saturated carbocycles. The van der Waals surface area contributed by atoms with E-state index in [2.05, 4.69) is 11.1 Å². The standard InChI is InChI=1S/C14H15N3O/c1-9-14(17(2)13(7-15)16-9)11-8-18-12-6-4-3-5-10(11)12/h3-6,8H,7,15H2,1-2H3. The first-order valence-corrected chi connectivity index (χ1v) is 5.91. The first kappa shape index (κ1) is 11.0. The molecule has 0 radical (unpaired) electrons. The smallest absolute Gasteiger partial charge is 0.134 e. The third-order valence-electron chi connectivity index (χ3n) is 3.28. The lowest BCUT2D eigenvalue weighted by molar-refractivity contribution is 0.616. The molecule has 0 fully saturated rings. The quantitative estimate of drug-likeness (QED) is 0.750. The molecule has 1 aromatic carbocycles. The summed E-state index contributed by atoms with van der Waals surface area (Å²) in [6, 6.07) is 8.00. The fourth-order valence-electron chi connectivity index (χ4n) is 2.41. The number of hydrogen-bond acceptors (Lipinski definition) is 3. The van der Waals surface area contributed by atoms with Crippen molar-refractivity contribution in [3.8, 4) is 11.3 Å². The van der Waals surface area contributed by atoms with Crippen LogP contribution in [0.5, 0.6) is 0 Å². The van der Waals surface area contributed by atoms with E-state index in [0.29, 0.717) is 6.54 Å². The van der Waals surface area contributed by atoms with Gasteiger partial charge in [-0.1, -0.05) is 18.2 Å². The Kier molecular flexibility index (Phi) is 2.45. The number of nitrogens with zero attached hydrogens (tertiary/aromatic N) is 2. The first-order valence-electron chi connectivity index (χ1n) is 5.91. The summed E-state index contributed by atoms with van der Waals surface area (Å²) in [6.07, 6.45) is 1.79. The molecule has 2 heterocycles. The van der Waals surface area contributed by atoms with Gasteiger partial charge in [-0.25, -0.2) is 4.98 Å². The van der Waals surface area contributed by atoms with E-state index >= 15 is 0 Å². The van der Waals surface area contributed by atoms with Gasteiger partial charge in [-0.3, -0.25) is 0 Å². The second-order valence-electron chi connectivity index (χ2n) is 4.37. The topological polar surface area (TPSA) is 57.0 Å². The van der Waals surface area contributed by atoms with Gasteiger partial charge in [0.05, 0.1) is 17.9 Å².